The van der Waals surface area contributed by atoms with Gasteiger partial charge in [-0.1, -0.05) is 199 Å². The summed E-state index contributed by atoms with van der Waals surface area (Å²) in [6.07, 6.45) is 68.7. The van der Waals surface area contributed by atoms with Gasteiger partial charge in [0.2, 0.25) is 0 Å². The summed E-state index contributed by atoms with van der Waals surface area (Å²) in [5.74, 6) is -1.66. The first-order chi connectivity index (χ1) is 36.2. The molecule has 74 heavy (non-hydrogen) atoms. The highest BCUT2D eigenvalue weighted by Gasteiger charge is 2.28. The Morgan fingerprint density at radius 1 is 0.392 bits per heavy atom. The molecular formula is C62H99O11P. The van der Waals surface area contributed by atoms with Gasteiger partial charge in [-0.25, -0.2) is 4.57 Å². The SMILES string of the molecule is CC/C=C\C/C=C\C/C=C\C/C=C\C/C=C\CCCC(=O)OC(COC(=O)CC/C=C\C/C=C\C/C=C\C/C=C\CC)COP(=O)(O)OCC(CO)OC(=O)CCCCCCCCC/C=C\C/C=C\CCCCC. The monoisotopic (exact) mass is 1050 g/mol. The molecule has 0 aromatic heterocycles. The second-order valence-electron chi connectivity index (χ2n) is 18.0. The van der Waals surface area contributed by atoms with Crippen molar-refractivity contribution in [2.24, 2.45) is 0 Å². The third-order valence-corrected chi connectivity index (χ3v) is 12.0. The van der Waals surface area contributed by atoms with E-state index in [0.29, 0.717) is 25.7 Å². The minimum absolute atomic E-state index is 0.0668. The number of phosphoric acid groups is 1. The molecule has 0 aromatic carbocycles. The summed E-state index contributed by atoms with van der Waals surface area (Å²) in [7, 11) is -4.79. The highest BCUT2D eigenvalue weighted by atomic mass is 31.2. The number of ether oxygens (including phenoxy) is 3. The number of hydrogen-bond donors (Lipinski definition) is 2. The molecule has 418 valence electrons. The third-order valence-electron chi connectivity index (χ3n) is 11.1. The van der Waals surface area contributed by atoms with Gasteiger partial charge in [0.15, 0.2) is 6.10 Å². The van der Waals surface area contributed by atoms with Crippen LogP contribution in [0.25, 0.3) is 0 Å². The van der Waals surface area contributed by atoms with Crippen LogP contribution >= 0.6 is 7.82 Å². The number of unbranched alkanes of at least 4 members (excludes halogenated alkanes) is 11. The number of rotatable bonds is 50. The number of esters is 3. The zero-order valence-corrected chi connectivity index (χ0v) is 46.9. The van der Waals surface area contributed by atoms with E-state index in [2.05, 4.69) is 130 Å². The first-order valence-corrected chi connectivity index (χ1v) is 29.6. The van der Waals surface area contributed by atoms with Crippen molar-refractivity contribution in [2.75, 3.05) is 26.4 Å². The predicted octanol–water partition coefficient (Wildman–Crippen LogP) is 16.6. The van der Waals surface area contributed by atoms with Crippen LogP contribution in [0, 0.1) is 0 Å². The molecule has 11 nitrogen and oxygen atoms in total. The van der Waals surface area contributed by atoms with Gasteiger partial charge < -0.3 is 24.2 Å². The molecular weight excluding hydrogens is 952 g/mol. The molecule has 0 bridgehead atoms. The van der Waals surface area contributed by atoms with Crippen molar-refractivity contribution in [2.45, 2.75) is 213 Å². The lowest BCUT2D eigenvalue weighted by Crippen LogP contribution is -2.30. The second kappa shape index (κ2) is 54.9. The van der Waals surface area contributed by atoms with Gasteiger partial charge in [-0.2, -0.15) is 0 Å². The average molecular weight is 1050 g/mol. The lowest BCUT2D eigenvalue weighted by atomic mass is 10.1. The van der Waals surface area contributed by atoms with Crippen molar-refractivity contribution in [1.29, 1.82) is 0 Å². The minimum atomic E-state index is -4.79. The molecule has 0 radical (unpaired) electrons. The van der Waals surface area contributed by atoms with Gasteiger partial charge in [-0.15, -0.1) is 0 Å². The Kier molecular flexibility index (Phi) is 51.6. The standard InChI is InChI=1S/C62H99O11P/c1-4-7-10-13-16-19-22-25-27-29-31-34-37-40-43-46-49-52-61(65)72-58(54-63)56-70-74(67,68)71-57-59(55-69-60(64)51-48-45-42-39-36-33-24-21-18-15-12-9-6-3)73-62(66)53-50-47-44-41-38-35-32-30-28-26-23-20-17-14-11-8-5-2/h8-9,11-12,16-21,25-28,32-33,35-36,41-42,44-45,58-59,63H,4-7,10,13-15,22-24,29-31,34,37-40,43,46-57H2,1-3H3,(H,67,68)/b11-8-,12-9-,19-16-,20-17-,21-18-,27-25-,28-26-,35-32-,36-33-,44-41-,45-42-. The van der Waals surface area contributed by atoms with E-state index >= 15 is 0 Å². The van der Waals surface area contributed by atoms with Gasteiger partial charge in [0.1, 0.15) is 12.7 Å². The zero-order valence-electron chi connectivity index (χ0n) is 46.0. The summed E-state index contributed by atoms with van der Waals surface area (Å²) in [5, 5.41) is 9.81. The van der Waals surface area contributed by atoms with Crippen LogP contribution in [0.1, 0.15) is 201 Å². The molecule has 0 fully saturated rings. The maximum atomic E-state index is 12.9. The number of phosphoric ester groups is 1. The molecule has 0 rings (SSSR count). The van der Waals surface area contributed by atoms with Gasteiger partial charge in [0.05, 0.1) is 19.8 Å². The quantitative estimate of drug-likeness (QED) is 0.0197. The lowest BCUT2D eigenvalue weighted by molar-refractivity contribution is -0.161. The van der Waals surface area contributed by atoms with Crippen LogP contribution in [0.2, 0.25) is 0 Å². The largest absolute Gasteiger partial charge is 0.472 e. The highest BCUT2D eigenvalue weighted by Crippen LogP contribution is 2.43. The molecule has 0 aliphatic rings. The normalized spacial score (nSPS) is 14.4. The Bertz CT molecular complexity index is 1750. The van der Waals surface area contributed by atoms with Crippen LogP contribution in [0.4, 0.5) is 0 Å². The van der Waals surface area contributed by atoms with Gasteiger partial charge in [-0.3, -0.25) is 23.4 Å². The summed E-state index contributed by atoms with van der Waals surface area (Å²) in [6, 6.07) is 0. The maximum absolute atomic E-state index is 12.9. The molecule has 0 saturated heterocycles. The molecule has 3 atom stereocenters. The van der Waals surface area contributed by atoms with E-state index in [0.717, 1.165) is 96.3 Å². The molecule has 0 aromatic rings. The smallest absolute Gasteiger partial charge is 0.462 e. The zero-order chi connectivity index (χ0) is 54.1. The molecule has 0 amide bonds. The Morgan fingerprint density at radius 2 is 0.743 bits per heavy atom. The van der Waals surface area contributed by atoms with Gasteiger partial charge in [0, 0.05) is 19.3 Å². The van der Waals surface area contributed by atoms with E-state index in [4.69, 9.17) is 23.3 Å². The Hall–Kier alpha value is -4.38. The third kappa shape index (κ3) is 52.5. The van der Waals surface area contributed by atoms with Crippen molar-refractivity contribution in [1.82, 2.24) is 0 Å². The summed E-state index contributed by atoms with van der Waals surface area (Å²) in [4.78, 5) is 48.4. The van der Waals surface area contributed by atoms with Crippen molar-refractivity contribution < 1.29 is 52.2 Å². The number of hydrogen-bond acceptors (Lipinski definition) is 10. The number of carbonyl (C=O) groups is 3. The van der Waals surface area contributed by atoms with Crippen molar-refractivity contribution >= 4 is 25.7 Å². The molecule has 12 heteroatoms. The number of aliphatic hydroxyl groups excluding tert-OH is 1. The molecule has 0 aliphatic carbocycles. The van der Waals surface area contributed by atoms with Crippen LogP contribution in [-0.2, 0) is 42.2 Å². The predicted molar refractivity (Wildman–Crippen MR) is 306 cm³/mol. The van der Waals surface area contributed by atoms with Crippen LogP contribution in [0.15, 0.2) is 134 Å². The fourth-order valence-corrected chi connectivity index (χ4v) is 7.63. The minimum Gasteiger partial charge on any atom is -0.462 e. The van der Waals surface area contributed by atoms with Crippen molar-refractivity contribution in [3.8, 4) is 0 Å². The van der Waals surface area contributed by atoms with Crippen LogP contribution in [0.3, 0.4) is 0 Å². The lowest BCUT2D eigenvalue weighted by Gasteiger charge is -2.21. The fourth-order valence-electron chi connectivity index (χ4n) is 6.85. The molecule has 0 aliphatic heterocycles. The summed E-state index contributed by atoms with van der Waals surface area (Å²) in [5.41, 5.74) is 0. The summed E-state index contributed by atoms with van der Waals surface area (Å²) < 4.78 is 39.3. The molecule has 3 unspecified atom stereocenters. The fraction of sp³-hybridized carbons (Fsp3) is 0.597. The topological polar surface area (TPSA) is 155 Å². The number of carbonyl (C=O) groups excluding carboxylic acids is 3. The second-order valence-corrected chi connectivity index (χ2v) is 19.4. The number of allylic oxidation sites excluding steroid dienone is 22. The van der Waals surface area contributed by atoms with E-state index in [1.54, 1.807) is 0 Å². The van der Waals surface area contributed by atoms with Crippen LogP contribution in [-0.4, -0.2) is 66.5 Å². The Labute approximate surface area is 449 Å². The van der Waals surface area contributed by atoms with Crippen LogP contribution < -0.4 is 0 Å². The highest BCUT2D eigenvalue weighted by molar-refractivity contribution is 7.47. The number of aliphatic hydroxyl groups is 1. The molecule has 0 saturated carbocycles. The molecule has 2 N–H and O–H groups in total. The van der Waals surface area contributed by atoms with Gasteiger partial charge in [-0.05, 0) is 116 Å². The summed E-state index contributed by atoms with van der Waals surface area (Å²) >= 11 is 0. The van der Waals surface area contributed by atoms with Gasteiger partial charge in [0.25, 0.3) is 0 Å². The van der Waals surface area contributed by atoms with Crippen molar-refractivity contribution in [3.63, 3.8) is 0 Å². The Balaban J connectivity index is 4.87. The molecule has 0 heterocycles. The first kappa shape index (κ1) is 69.6. The van der Waals surface area contributed by atoms with Gasteiger partial charge >= 0.3 is 25.7 Å². The van der Waals surface area contributed by atoms with E-state index < -0.39 is 64.4 Å². The maximum Gasteiger partial charge on any atom is 0.472 e. The van der Waals surface area contributed by atoms with E-state index in [1.165, 1.54) is 38.5 Å². The summed E-state index contributed by atoms with van der Waals surface area (Å²) in [6.45, 7) is 4.21. The van der Waals surface area contributed by atoms with E-state index in [9.17, 15) is 28.9 Å². The Morgan fingerprint density at radius 3 is 1.19 bits per heavy atom. The van der Waals surface area contributed by atoms with E-state index in [1.807, 2.05) is 24.3 Å². The van der Waals surface area contributed by atoms with Crippen LogP contribution in [0.5, 0.6) is 0 Å². The van der Waals surface area contributed by atoms with Crippen molar-refractivity contribution in [3.05, 3.63) is 134 Å². The molecule has 0 spiro atoms. The first-order valence-electron chi connectivity index (χ1n) is 28.1. The average Bonchev–Trinajstić information content (AvgIpc) is 3.39. The van der Waals surface area contributed by atoms with E-state index in [-0.39, 0.29) is 19.3 Å².